The Morgan fingerprint density at radius 2 is 1.55 bits per heavy atom. The summed E-state index contributed by atoms with van der Waals surface area (Å²) in [5.41, 5.74) is -0.361. The molecule has 1 saturated carbocycles. The number of benzene rings is 2. The summed E-state index contributed by atoms with van der Waals surface area (Å²) in [4.78, 5) is 36.7. The van der Waals surface area contributed by atoms with Gasteiger partial charge in [0.25, 0.3) is 0 Å². The first-order chi connectivity index (χ1) is 18.1. The van der Waals surface area contributed by atoms with Crippen molar-refractivity contribution < 1.29 is 38.4 Å². The summed E-state index contributed by atoms with van der Waals surface area (Å²) in [6.07, 6.45) is 4.92. The number of rotatable bonds is 11. The molecule has 3 rings (SSSR count). The minimum absolute atomic E-state index is 0.0432. The molecule has 204 valence electrons. The van der Waals surface area contributed by atoms with Crippen LogP contribution in [-0.4, -0.2) is 40.8 Å². The van der Waals surface area contributed by atoms with Gasteiger partial charge in [0.1, 0.15) is 23.4 Å². The van der Waals surface area contributed by atoms with Crippen molar-refractivity contribution >= 4 is 17.9 Å². The van der Waals surface area contributed by atoms with E-state index < -0.39 is 17.5 Å². The smallest absolute Gasteiger partial charge is 0.343 e. The number of phenols is 1. The standard InChI is InChI=1S/C30H36O8/c1-5-7-26(37-27(32)6-2)30(3,4)38-25-14-10-21(11-15-25)29(34)36-24-18-16-23(17-19-24)35-28(33)20-8-12-22(31)13-9-20/h6,8-9,12-13,16-19,21,25-26,31H,2,5,7,10-11,14-15H2,1,3-4H3. The number of phenolic OH excluding ortho intramolecular Hbond substituents is 1. The van der Waals surface area contributed by atoms with Crippen LogP contribution in [0, 0.1) is 5.92 Å². The summed E-state index contributed by atoms with van der Waals surface area (Å²) in [6.45, 7) is 9.35. The Morgan fingerprint density at radius 3 is 2.11 bits per heavy atom. The van der Waals surface area contributed by atoms with Crippen molar-refractivity contribution in [3.8, 4) is 17.2 Å². The molecule has 0 heterocycles. The van der Waals surface area contributed by atoms with E-state index in [1.54, 1.807) is 24.3 Å². The molecule has 1 atom stereocenters. The highest BCUT2D eigenvalue weighted by Crippen LogP contribution is 2.33. The summed E-state index contributed by atoms with van der Waals surface area (Å²) in [6, 6.07) is 12.0. The summed E-state index contributed by atoms with van der Waals surface area (Å²) in [5.74, 6) is -0.833. The van der Waals surface area contributed by atoms with Gasteiger partial charge in [-0.3, -0.25) is 4.79 Å². The fraction of sp³-hybridized carbons (Fsp3) is 0.433. The highest BCUT2D eigenvalue weighted by atomic mass is 16.6. The molecular weight excluding hydrogens is 488 g/mol. The Labute approximate surface area is 223 Å². The van der Waals surface area contributed by atoms with E-state index in [0.29, 0.717) is 49.2 Å². The first-order valence-electron chi connectivity index (χ1n) is 12.9. The van der Waals surface area contributed by atoms with Gasteiger partial charge in [0, 0.05) is 6.08 Å². The largest absolute Gasteiger partial charge is 0.508 e. The summed E-state index contributed by atoms with van der Waals surface area (Å²) < 4.78 is 22.8. The van der Waals surface area contributed by atoms with Gasteiger partial charge >= 0.3 is 17.9 Å². The molecule has 1 unspecified atom stereocenters. The second-order valence-electron chi connectivity index (χ2n) is 9.94. The molecular formula is C30H36O8. The van der Waals surface area contributed by atoms with E-state index in [1.807, 2.05) is 20.8 Å². The van der Waals surface area contributed by atoms with E-state index in [2.05, 4.69) is 6.58 Å². The van der Waals surface area contributed by atoms with Crippen molar-refractivity contribution in [2.24, 2.45) is 5.92 Å². The third kappa shape index (κ3) is 8.18. The highest BCUT2D eigenvalue weighted by molar-refractivity contribution is 5.91. The van der Waals surface area contributed by atoms with Crippen LogP contribution in [0.1, 0.15) is 69.7 Å². The maximum Gasteiger partial charge on any atom is 0.343 e. The van der Waals surface area contributed by atoms with Crippen molar-refractivity contribution in [3.05, 3.63) is 66.7 Å². The van der Waals surface area contributed by atoms with Crippen LogP contribution in [0.25, 0.3) is 0 Å². The number of aromatic hydroxyl groups is 1. The second-order valence-corrected chi connectivity index (χ2v) is 9.94. The molecule has 2 aromatic carbocycles. The average Bonchev–Trinajstić information content (AvgIpc) is 2.90. The van der Waals surface area contributed by atoms with E-state index in [4.69, 9.17) is 18.9 Å². The fourth-order valence-electron chi connectivity index (χ4n) is 4.46. The minimum Gasteiger partial charge on any atom is -0.508 e. The summed E-state index contributed by atoms with van der Waals surface area (Å²) in [5, 5.41) is 9.34. The molecule has 0 aromatic heterocycles. The van der Waals surface area contributed by atoms with Crippen molar-refractivity contribution in [3.63, 3.8) is 0 Å². The van der Waals surface area contributed by atoms with Crippen LogP contribution in [-0.2, 0) is 19.1 Å². The lowest BCUT2D eigenvalue weighted by Gasteiger charge is -2.38. The van der Waals surface area contributed by atoms with Crippen molar-refractivity contribution in [2.45, 2.75) is 77.1 Å². The molecule has 0 bridgehead atoms. The number of hydrogen-bond donors (Lipinski definition) is 1. The SMILES string of the molecule is C=CC(=O)OC(CCC)C(C)(C)OC1CCC(C(=O)Oc2ccc(OC(=O)c3ccc(O)cc3)cc2)CC1. The second kappa shape index (κ2) is 13.2. The number of esters is 3. The van der Waals surface area contributed by atoms with E-state index >= 15 is 0 Å². The molecule has 8 nitrogen and oxygen atoms in total. The van der Waals surface area contributed by atoms with Gasteiger partial charge in [-0.05, 0) is 94.5 Å². The van der Waals surface area contributed by atoms with Crippen molar-refractivity contribution in [1.29, 1.82) is 0 Å². The topological polar surface area (TPSA) is 108 Å². The first kappa shape index (κ1) is 28.9. The van der Waals surface area contributed by atoms with E-state index in [-0.39, 0.29) is 29.8 Å². The highest BCUT2D eigenvalue weighted by Gasteiger charge is 2.37. The molecule has 0 amide bonds. The third-order valence-electron chi connectivity index (χ3n) is 6.59. The van der Waals surface area contributed by atoms with Gasteiger partial charge in [-0.1, -0.05) is 19.9 Å². The molecule has 38 heavy (non-hydrogen) atoms. The molecule has 1 aliphatic carbocycles. The van der Waals surface area contributed by atoms with Crippen LogP contribution in [0.5, 0.6) is 17.2 Å². The van der Waals surface area contributed by atoms with Crippen LogP contribution >= 0.6 is 0 Å². The molecule has 0 radical (unpaired) electrons. The van der Waals surface area contributed by atoms with Crippen LogP contribution < -0.4 is 9.47 Å². The normalized spacial score (nSPS) is 18.2. The Hall–Kier alpha value is -3.65. The van der Waals surface area contributed by atoms with Gasteiger partial charge in [-0.25, -0.2) is 9.59 Å². The van der Waals surface area contributed by atoms with Gasteiger partial charge in [0.2, 0.25) is 0 Å². The zero-order valence-electron chi connectivity index (χ0n) is 22.2. The molecule has 0 spiro atoms. The zero-order valence-corrected chi connectivity index (χ0v) is 22.2. The van der Waals surface area contributed by atoms with E-state index in [9.17, 15) is 19.5 Å². The summed E-state index contributed by atoms with van der Waals surface area (Å²) in [7, 11) is 0. The van der Waals surface area contributed by atoms with Crippen LogP contribution in [0.15, 0.2) is 61.2 Å². The van der Waals surface area contributed by atoms with Crippen molar-refractivity contribution in [2.75, 3.05) is 0 Å². The number of ether oxygens (including phenoxy) is 4. The van der Waals surface area contributed by atoms with Gasteiger partial charge < -0.3 is 24.1 Å². The lowest BCUT2D eigenvalue weighted by Crippen LogP contribution is -2.45. The maximum atomic E-state index is 12.7. The Morgan fingerprint density at radius 1 is 0.974 bits per heavy atom. The predicted molar refractivity (Wildman–Crippen MR) is 141 cm³/mol. The van der Waals surface area contributed by atoms with Gasteiger partial charge in [-0.15, -0.1) is 0 Å². The minimum atomic E-state index is -0.666. The van der Waals surface area contributed by atoms with Crippen LogP contribution in [0.3, 0.4) is 0 Å². The third-order valence-corrected chi connectivity index (χ3v) is 6.59. The van der Waals surface area contributed by atoms with E-state index in [0.717, 1.165) is 12.5 Å². The summed E-state index contributed by atoms with van der Waals surface area (Å²) >= 11 is 0. The maximum absolute atomic E-state index is 12.7. The van der Waals surface area contributed by atoms with Crippen molar-refractivity contribution in [1.82, 2.24) is 0 Å². The predicted octanol–water partition coefficient (Wildman–Crippen LogP) is 5.77. The number of hydrogen-bond acceptors (Lipinski definition) is 8. The van der Waals surface area contributed by atoms with Gasteiger partial charge in [-0.2, -0.15) is 0 Å². The molecule has 1 fully saturated rings. The van der Waals surface area contributed by atoms with E-state index in [1.165, 1.54) is 24.3 Å². The molecule has 0 saturated heterocycles. The Balaban J connectivity index is 1.47. The molecule has 2 aromatic rings. The molecule has 1 aliphatic rings. The van der Waals surface area contributed by atoms with Gasteiger partial charge in [0.15, 0.2) is 0 Å². The average molecular weight is 525 g/mol. The lowest BCUT2D eigenvalue weighted by atomic mass is 9.86. The fourth-order valence-corrected chi connectivity index (χ4v) is 4.46. The molecule has 1 N–H and O–H groups in total. The van der Waals surface area contributed by atoms with Crippen LogP contribution in [0.2, 0.25) is 0 Å². The van der Waals surface area contributed by atoms with Crippen LogP contribution in [0.4, 0.5) is 0 Å². The Kier molecular flexibility index (Phi) is 10.1. The zero-order chi connectivity index (χ0) is 27.7. The Bertz CT molecular complexity index is 1100. The quantitative estimate of drug-likeness (QED) is 0.224. The molecule has 0 aliphatic heterocycles. The number of carbonyl (C=O) groups is 3. The molecule has 8 heteroatoms. The van der Waals surface area contributed by atoms with Gasteiger partial charge in [0.05, 0.1) is 23.2 Å². The lowest BCUT2D eigenvalue weighted by molar-refractivity contribution is -0.179. The number of carbonyl (C=O) groups excluding carboxylic acids is 3. The first-order valence-corrected chi connectivity index (χ1v) is 12.9. The monoisotopic (exact) mass is 524 g/mol.